The number of anilines is 1. The molecular weight excluding hydrogens is 313 g/mol. The van der Waals surface area contributed by atoms with Gasteiger partial charge in [-0.3, -0.25) is 15.5 Å². The Morgan fingerprint density at radius 1 is 1.14 bits per heavy atom. The van der Waals surface area contributed by atoms with Gasteiger partial charge < -0.3 is 0 Å². The maximum absolute atomic E-state index is 10.6. The monoisotopic (exact) mass is 323 g/mol. The van der Waals surface area contributed by atoms with Crippen molar-refractivity contribution in [3.63, 3.8) is 0 Å². The molecule has 0 heterocycles. The Kier molecular flexibility index (Phi) is 4.77. The zero-order valence-electron chi connectivity index (χ0n) is 11.0. The van der Waals surface area contributed by atoms with Gasteiger partial charge in [0.2, 0.25) is 0 Å². The minimum absolute atomic E-state index is 0.0454. The van der Waals surface area contributed by atoms with Crippen molar-refractivity contribution in [2.75, 3.05) is 5.43 Å². The van der Waals surface area contributed by atoms with Crippen LogP contribution in [0.1, 0.15) is 12.5 Å². The minimum atomic E-state index is -0.440. The second kappa shape index (κ2) is 6.56. The predicted octanol–water partition coefficient (Wildman–Crippen LogP) is 4.74. The number of rotatable bonds is 4. The number of halogens is 2. The van der Waals surface area contributed by atoms with Crippen molar-refractivity contribution in [1.29, 1.82) is 0 Å². The molecule has 0 aliphatic rings. The molecule has 2 aromatic rings. The van der Waals surface area contributed by atoms with Crippen molar-refractivity contribution in [3.05, 3.63) is 68.2 Å². The highest BCUT2D eigenvalue weighted by molar-refractivity contribution is 6.42. The molecular formula is C14H11Cl2N3O2. The van der Waals surface area contributed by atoms with Crippen LogP contribution in [0.3, 0.4) is 0 Å². The summed E-state index contributed by atoms with van der Waals surface area (Å²) in [5.74, 6) is 0. The van der Waals surface area contributed by atoms with Gasteiger partial charge in [-0.2, -0.15) is 5.10 Å². The molecule has 0 spiro atoms. The summed E-state index contributed by atoms with van der Waals surface area (Å²) in [4.78, 5) is 10.2. The van der Waals surface area contributed by atoms with Crippen molar-refractivity contribution >= 4 is 40.3 Å². The summed E-state index contributed by atoms with van der Waals surface area (Å²) >= 11 is 11.7. The SMILES string of the molecule is C/C(=N/Nc1ccc(Cl)c(Cl)c1)c1ccc([N+](=O)[O-])cc1. The first-order valence-corrected chi connectivity index (χ1v) is 6.73. The maximum Gasteiger partial charge on any atom is 0.269 e. The van der Waals surface area contributed by atoms with Crippen molar-refractivity contribution in [1.82, 2.24) is 0 Å². The van der Waals surface area contributed by atoms with Crippen LogP contribution in [0.2, 0.25) is 10.0 Å². The van der Waals surface area contributed by atoms with Gasteiger partial charge in [0.15, 0.2) is 0 Å². The molecule has 7 heteroatoms. The number of nitrogens with one attached hydrogen (secondary N) is 1. The first kappa shape index (κ1) is 15.3. The molecule has 2 rings (SSSR count). The molecule has 2 aromatic carbocycles. The van der Waals surface area contributed by atoms with Gasteiger partial charge in [0, 0.05) is 12.1 Å². The Bertz CT molecular complexity index is 700. The lowest BCUT2D eigenvalue weighted by Gasteiger charge is -2.05. The molecule has 0 aliphatic heterocycles. The average Bonchev–Trinajstić information content (AvgIpc) is 2.48. The normalized spacial score (nSPS) is 11.3. The summed E-state index contributed by atoms with van der Waals surface area (Å²) in [6, 6.07) is 11.3. The molecule has 0 saturated carbocycles. The van der Waals surface area contributed by atoms with E-state index in [2.05, 4.69) is 10.5 Å². The fourth-order valence-electron chi connectivity index (χ4n) is 1.60. The van der Waals surface area contributed by atoms with E-state index in [-0.39, 0.29) is 5.69 Å². The quantitative estimate of drug-likeness (QED) is 0.502. The van der Waals surface area contributed by atoms with Gasteiger partial charge in [0.05, 0.1) is 26.4 Å². The van der Waals surface area contributed by atoms with Crippen molar-refractivity contribution in [2.45, 2.75) is 6.92 Å². The van der Waals surface area contributed by atoms with Gasteiger partial charge in [-0.25, -0.2) is 0 Å². The molecule has 5 nitrogen and oxygen atoms in total. The Labute approximate surface area is 131 Å². The number of hydrazone groups is 1. The van der Waals surface area contributed by atoms with Gasteiger partial charge in [0.1, 0.15) is 0 Å². The first-order chi connectivity index (χ1) is 9.97. The smallest absolute Gasteiger partial charge is 0.269 e. The third kappa shape index (κ3) is 3.93. The summed E-state index contributed by atoms with van der Waals surface area (Å²) in [6.07, 6.45) is 0. The largest absolute Gasteiger partial charge is 0.278 e. The fraction of sp³-hybridized carbons (Fsp3) is 0.0714. The van der Waals surface area contributed by atoms with E-state index < -0.39 is 4.92 Å². The number of hydrogen-bond donors (Lipinski definition) is 1. The van der Waals surface area contributed by atoms with Crippen LogP contribution in [0.4, 0.5) is 11.4 Å². The predicted molar refractivity (Wildman–Crippen MR) is 85.4 cm³/mol. The third-order valence-corrected chi connectivity index (χ3v) is 3.51. The molecule has 0 bridgehead atoms. The van der Waals surface area contributed by atoms with Crippen LogP contribution >= 0.6 is 23.2 Å². The van der Waals surface area contributed by atoms with E-state index in [1.165, 1.54) is 12.1 Å². The minimum Gasteiger partial charge on any atom is -0.278 e. The Hall–Kier alpha value is -2.11. The molecule has 0 aliphatic carbocycles. The first-order valence-electron chi connectivity index (χ1n) is 5.97. The highest BCUT2D eigenvalue weighted by Gasteiger charge is 2.05. The van der Waals surface area contributed by atoms with Crippen LogP contribution in [0, 0.1) is 10.1 Å². The van der Waals surface area contributed by atoms with Gasteiger partial charge >= 0.3 is 0 Å². The fourth-order valence-corrected chi connectivity index (χ4v) is 1.90. The molecule has 0 fully saturated rings. The molecule has 1 N–H and O–H groups in total. The standard InChI is InChI=1S/C14H11Cl2N3O2/c1-9(10-2-5-12(6-3-10)19(20)21)17-18-11-4-7-13(15)14(16)8-11/h2-8,18H,1H3/b17-9-. The van der Waals surface area contributed by atoms with E-state index in [1.807, 2.05) is 0 Å². The molecule has 108 valence electrons. The second-order valence-corrected chi connectivity index (χ2v) is 5.06. The second-order valence-electron chi connectivity index (χ2n) is 4.24. The number of hydrogen-bond acceptors (Lipinski definition) is 4. The van der Waals surface area contributed by atoms with Crippen molar-refractivity contribution < 1.29 is 4.92 Å². The van der Waals surface area contributed by atoms with Crippen LogP contribution < -0.4 is 5.43 Å². The van der Waals surface area contributed by atoms with Crippen LogP contribution in [0.25, 0.3) is 0 Å². The number of nitro benzene ring substituents is 1. The van der Waals surface area contributed by atoms with E-state index in [9.17, 15) is 10.1 Å². The number of non-ortho nitro benzene ring substituents is 1. The molecule has 0 unspecified atom stereocenters. The van der Waals surface area contributed by atoms with E-state index in [1.54, 1.807) is 37.3 Å². The Morgan fingerprint density at radius 3 is 2.38 bits per heavy atom. The van der Waals surface area contributed by atoms with Gasteiger partial charge in [-0.1, -0.05) is 23.2 Å². The summed E-state index contributed by atoms with van der Waals surface area (Å²) in [5, 5.41) is 15.7. The van der Waals surface area contributed by atoms with Gasteiger partial charge in [-0.15, -0.1) is 0 Å². The van der Waals surface area contributed by atoms with Gasteiger partial charge in [0.25, 0.3) is 5.69 Å². The van der Waals surface area contributed by atoms with E-state index in [0.29, 0.717) is 21.4 Å². The number of nitrogens with zero attached hydrogens (tertiary/aromatic N) is 2. The number of nitro groups is 1. The zero-order chi connectivity index (χ0) is 15.4. The van der Waals surface area contributed by atoms with Crippen LogP contribution in [0.15, 0.2) is 47.6 Å². The molecule has 0 amide bonds. The Morgan fingerprint density at radius 2 is 1.81 bits per heavy atom. The summed E-state index contributed by atoms with van der Waals surface area (Å²) in [5.41, 5.74) is 5.08. The summed E-state index contributed by atoms with van der Waals surface area (Å²) in [7, 11) is 0. The van der Waals surface area contributed by atoms with Gasteiger partial charge in [-0.05, 0) is 42.8 Å². The molecule has 0 atom stereocenters. The van der Waals surface area contributed by atoms with E-state index in [0.717, 1.165) is 5.56 Å². The van der Waals surface area contributed by atoms with E-state index >= 15 is 0 Å². The molecule has 0 saturated heterocycles. The maximum atomic E-state index is 10.6. The Balaban J connectivity index is 2.13. The van der Waals surface area contributed by atoms with Crippen LogP contribution in [-0.2, 0) is 0 Å². The third-order valence-electron chi connectivity index (χ3n) is 2.77. The highest BCUT2D eigenvalue weighted by atomic mass is 35.5. The molecule has 21 heavy (non-hydrogen) atoms. The summed E-state index contributed by atoms with van der Waals surface area (Å²) in [6.45, 7) is 1.80. The molecule has 0 radical (unpaired) electrons. The summed E-state index contributed by atoms with van der Waals surface area (Å²) < 4.78 is 0. The van der Waals surface area contributed by atoms with E-state index in [4.69, 9.17) is 23.2 Å². The molecule has 0 aromatic heterocycles. The lowest BCUT2D eigenvalue weighted by atomic mass is 10.1. The van der Waals surface area contributed by atoms with Crippen molar-refractivity contribution in [3.8, 4) is 0 Å². The number of benzene rings is 2. The zero-order valence-corrected chi connectivity index (χ0v) is 12.5. The lowest BCUT2D eigenvalue weighted by molar-refractivity contribution is -0.384. The average molecular weight is 324 g/mol. The topological polar surface area (TPSA) is 67.5 Å². The van der Waals surface area contributed by atoms with Crippen LogP contribution in [0.5, 0.6) is 0 Å². The lowest BCUT2D eigenvalue weighted by Crippen LogP contribution is -2.00. The highest BCUT2D eigenvalue weighted by Crippen LogP contribution is 2.25. The van der Waals surface area contributed by atoms with Crippen LogP contribution in [-0.4, -0.2) is 10.6 Å². The van der Waals surface area contributed by atoms with Crippen molar-refractivity contribution in [2.24, 2.45) is 5.10 Å².